The number of anilines is 1. The summed E-state index contributed by atoms with van der Waals surface area (Å²) in [5.74, 6) is -2.42. The van der Waals surface area contributed by atoms with Gasteiger partial charge in [-0.25, -0.2) is 4.79 Å². The minimum atomic E-state index is -0.712. The standard InChI is InChI=1S/C30H28N2O8/c1-3-19-6-5-7-20(4-2)28(19)31-17-23(16-27(31)34)29(35)39-18-26(33)21-10-14-25(15-11-21)40-30(36)22-8-12-24(13-9-22)32(37)38/h5-15,23H,3-4,16-18H2,1-2H3/t23-/m1/s1. The molecular formula is C30H28N2O8. The summed E-state index contributed by atoms with van der Waals surface area (Å²) in [6.07, 6.45) is 1.53. The number of aryl methyl sites for hydroxylation is 2. The summed E-state index contributed by atoms with van der Waals surface area (Å²) in [5.41, 5.74) is 3.17. The van der Waals surface area contributed by atoms with Crippen LogP contribution in [0.2, 0.25) is 0 Å². The van der Waals surface area contributed by atoms with Crippen molar-refractivity contribution in [3.63, 3.8) is 0 Å². The van der Waals surface area contributed by atoms with E-state index in [-0.39, 0.29) is 41.4 Å². The number of amides is 1. The molecule has 10 nitrogen and oxygen atoms in total. The van der Waals surface area contributed by atoms with Crippen molar-refractivity contribution in [3.8, 4) is 5.75 Å². The Morgan fingerprint density at radius 3 is 2.10 bits per heavy atom. The SMILES string of the molecule is CCc1cccc(CC)c1N1C[C@H](C(=O)OCC(=O)c2ccc(OC(=O)c3ccc([N+](=O)[O-])cc3)cc2)CC1=O. The molecule has 0 aliphatic carbocycles. The van der Waals surface area contributed by atoms with Gasteiger partial charge in [-0.3, -0.25) is 24.5 Å². The number of hydrogen-bond acceptors (Lipinski definition) is 8. The van der Waals surface area contributed by atoms with Gasteiger partial charge in [0, 0.05) is 36.3 Å². The molecule has 1 amide bonds. The summed E-state index contributed by atoms with van der Waals surface area (Å²) in [7, 11) is 0. The van der Waals surface area contributed by atoms with Gasteiger partial charge in [0.05, 0.1) is 16.4 Å². The summed E-state index contributed by atoms with van der Waals surface area (Å²) >= 11 is 0. The fourth-order valence-electron chi connectivity index (χ4n) is 4.58. The Morgan fingerprint density at radius 1 is 0.925 bits per heavy atom. The number of esters is 2. The van der Waals surface area contributed by atoms with Crippen molar-refractivity contribution < 1.29 is 33.6 Å². The van der Waals surface area contributed by atoms with Crippen LogP contribution < -0.4 is 9.64 Å². The average molecular weight is 545 g/mol. The van der Waals surface area contributed by atoms with Gasteiger partial charge in [0.15, 0.2) is 12.4 Å². The maximum absolute atomic E-state index is 12.8. The largest absolute Gasteiger partial charge is 0.457 e. The number of carbonyl (C=O) groups is 4. The van der Waals surface area contributed by atoms with E-state index in [4.69, 9.17) is 9.47 Å². The monoisotopic (exact) mass is 544 g/mol. The Hall–Kier alpha value is -4.86. The third-order valence-electron chi connectivity index (χ3n) is 6.74. The molecule has 0 aromatic heterocycles. The van der Waals surface area contributed by atoms with Crippen molar-refractivity contribution in [2.24, 2.45) is 5.92 Å². The number of nitrogens with zero attached hydrogens (tertiary/aromatic N) is 2. The lowest BCUT2D eigenvalue weighted by atomic mass is 10.0. The molecule has 1 aliphatic heterocycles. The number of hydrogen-bond donors (Lipinski definition) is 0. The maximum atomic E-state index is 12.8. The Labute approximate surface area is 230 Å². The van der Waals surface area contributed by atoms with Crippen LogP contribution in [0.25, 0.3) is 0 Å². The maximum Gasteiger partial charge on any atom is 0.343 e. The first-order valence-electron chi connectivity index (χ1n) is 12.9. The molecule has 0 saturated carbocycles. The molecule has 10 heteroatoms. The Kier molecular flexibility index (Phi) is 8.68. The van der Waals surface area contributed by atoms with Crippen LogP contribution >= 0.6 is 0 Å². The minimum Gasteiger partial charge on any atom is -0.457 e. The summed E-state index contributed by atoms with van der Waals surface area (Å²) in [4.78, 5) is 62.3. The number of Topliss-reactive ketones (excluding diaryl/α,β-unsaturated/α-hetero) is 1. The number of nitro groups is 1. The predicted octanol–water partition coefficient (Wildman–Crippen LogP) is 4.72. The Morgan fingerprint density at radius 2 is 1.52 bits per heavy atom. The first-order chi connectivity index (χ1) is 19.2. The molecular weight excluding hydrogens is 516 g/mol. The van der Waals surface area contributed by atoms with E-state index in [0.717, 1.165) is 29.7 Å². The fourth-order valence-corrected chi connectivity index (χ4v) is 4.58. The number of carbonyl (C=O) groups excluding carboxylic acids is 4. The summed E-state index contributed by atoms with van der Waals surface area (Å²) in [6.45, 7) is 3.75. The predicted molar refractivity (Wildman–Crippen MR) is 145 cm³/mol. The van der Waals surface area contributed by atoms with Crippen molar-refractivity contribution in [1.82, 2.24) is 0 Å². The summed E-state index contributed by atoms with van der Waals surface area (Å²) < 4.78 is 10.5. The zero-order valence-corrected chi connectivity index (χ0v) is 22.1. The zero-order chi connectivity index (χ0) is 28.8. The van der Waals surface area contributed by atoms with Crippen LogP contribution in [0.3, 0.4) is 0 Å². The lowest BCUT2D eigenvalue weighted by Crippen LogP contribution is -2.29. The van der Waals surface area contributed by atoms with Gasteiger partial charge in [0.1, 0.15) is 5.75 Å². The number of rotatable bonds is 10. The molecule has 0 bridgehead atoms. The molecule has 1 atom stereocenters. The molecule has 0 radical (unpaired) electrons. The van der Waals surface area contributed by atoms with Gasteiger partial charge in [-0.1, -0.05) is 32.0 Å². The molecule has 4 rings (SSSR count). The summed E-state index contributed by atoms with van der Waals surface area (Å²) in [6, 6.07) is 16.6. The van der Waals surface area contributed by atoms with Crippen molar-refractivity contribution in [2.45, 2.75) is 33.1 Å². The van der Waals surface area contributed by atoms with Gasteiger partial charge in [0.25, 0.3) is 5.69 Å². The molecule has 0 unspecified atom stereocenters. The first kappa shape index (κ1) is 28.2. The van der Waals surface area contributed by atoms with Crippen molar-refractivity contribution in [2.75, 3.05) is 18.1 Å². The van der Waals surface area contributed by atoms with E-state index in [1.165, 1.54) is 48.5 Å². The minimum absolute atomic E-state index is 0.0169. The molecule has 1 heterocycles. The highest BCUT2D eigenvalue weighted by Crippen LogP contribution is 2.33. The van der Waals surface area contributed by atoms with E-state index in [1.54, 1.807) is 4.90 Å². The van der Waals surface area contributed by atoms with Gasteiger partial charge >= 0.3 is 11.9 Å². The van der Waals surface area contributed by atoms with E-state index in [9.17, 15) is 29.3 Å². The normalized spacial score (nSPS) is 14.6. The second-order valence-corrected chi connectivity index (χ2v) is 9.29. The summed E-state index contributed by atoms with van der Waals surface area (Å²) in [5, 5.41) is 10.8. The van der Waals surface area contributed by atoms with Crippen LogP contribution in [0.5, 0.6) is 5.75 Å². The molecule has 206 valence electrons. The van der Waals surface area contributed by atoms with Crippen LogP contribution in [-0.4, -0.2) is 41.7 Å². The zero-order valence-electron chi connectivity index (χ0n) is 22.1. The molecule has 1 saturated heterocycles. The van der Waals surface area contributed by atoms with Gasteiger partial charge in [0.2, 0.25) is 5.91 Å². The van der Waals surface area contributed by atoms with Crippen LogP contribution in [0.15, 0.2) is 66.7 Å². The highest BCUT2D eigenvalue weighted by Gasteiger charge is 2.37. The lowest BCUT2D eigenvalue weighted by molar-refractivity contribution is -0.384. The average Bonchev–Trinajstić information content (AvgIpc) is 3.36. The topological polar surface area (TPSA) is 133 Å². The molecule has 1 fully saturated rings. The van der Waals surface area contributed by atoms with Crippen molar-refractivity contribution in [3.05, 3.63) is 99.1 Å². The molecule has 3 aromatic rings. The Bertz CT molecular complexity index is 1430. The van der Waals surface area contributed by atoms with E-state index < -0.39 is 35.2 Å². The third kappa shape index (κ3) is 6.23. The Balaban J connectivity index is 1.32. The van der Waals surface area contributed by atoms with E-state index >= 15 is 0 Å². The number of ketones is 1. The van der Waals surface area contributed by atoms with Gasteiger partial charge in [-0.2, -0.15) is 0 Å². The van der Waals surface area contributed by atoms with Gasteiger partial charge < -0.3 is 14.4 Å². The molecule has 3 aromatic carbocycles. The second kappa shape index (κ2) is 12.3. The van der Waals surface area contributed by atoms with Crippen LogP contribution in [0, 0.1) is 16.0 Å². The quantitative estimate of drug-likeness (QED) is 0.118. The van der Waals surface area contributed by atoms with Crippen LogP contribution in [0.4, 0.5) is 11.4 Å². The number of nitro benzene ring substituents is 1. The highest BCUT2D eigenvalue weighted by atomic mass is 16.6. The fraction of sp³-hybridized carbons (Fsp3) is 0.267. The van der Waals surface area contributed by atoms with E-state index in [1.807, 2.05) is 32.0 Å². The number of non-ortho nitro benzene ring substituents is 1. The highest BCUT2D eigenvalue weighted by molar-refractivity contribution is 6.02. The van der Waals surface area contributed by atoms with Gasteiger partial charge in [-0.05, 0) is 60.4 Å². The molecule has 0 N–H and O–H groups in total. The van der Waals surface area contributed by atoms with E-state index in [2.05, 4.69) is 0 Å². The number of ether oxygens (including phenoxy) is 2. The van der Waals surface area contributed by atoms with Gasteiger partial charge in [-0.15, -0.1) is 0 Å². The first-order valence-corrected chi connectivity index (χ1v) is 12.9. The van der Waals surface area contributed by atoms with E-state index in [0.29, 0.717) is 0 Å². The number of para-hydroxylation sites is 1. The molecule has 1 aliphatic rings. The van der Waals surface area contributed by atoms with Crippen LogP contribution in [-0.2, 0) is 27.2 Å². The second-order valence-electron chi connectivity index (χ2n) is 9.29. The van der Waals surface area contributed by atoms with Crippen molar-refractivity contribution in [1.29, 1.82) is 0 Å². The lowest BCUT2D eigenvalue weighted by Gasteiger charge is -2.23. The smallest absolute Gasteiger partial charge is 0.343 e. The van der Waals surface area contributed by atoms with Crippen molar-refractivity contribution >= 4 is 35.0 Å². The van der Waals surface area contributed by atoms with Crippen LogP contribution in [0.1, 0.15) is 52.1 Å². The third-order valence-corrected chi connectivity index (χ3v) is 6.74. The number of benzene rings is 3. The molecule has 40 heavy (non-hydrogen) atoms. The molecule has 0 spiro atoms.